The maximum absolute atomic E-state index is 12.7. The molecule has 0 bridgehead atoms. The van der Waals surface area contributed by atoms with Gasteiger partial charge in [-0.2, -0.15) is 0 Å². The summed E-state index contributed by atoms with van der Waals surface area (Å²) in [6, 6.07) is 8.62. The summed E-state index contributed by atoms with van der Waals surface area (Å²) in [5.74, 6) is 1.54. The quantitative estimate of drug-likeness (QED) is 0.715. The molecule has 2 aromatic rings. The molecule has 1 saturated heterocycles. The van der Waals surface area contributed by atoms with Gasteiger partial charge in [-0.3, -0.25) is 4.79 Å². The molecule has 26 heavy (non-hydrogen) atoms. The molecule has 0 spiro atoms. The number of carbonyl (C=O) groups excluding carboxylic acids is 1. The third-order valence-electron chi connectivity index (χ3n) is 5.16. The minimum Gasteiger partial charge on any atom is -0.339 e. The van der Waals surface area contributed by atoms with Crippen LogP contribution in [0.25, 0.3) is 11.4 Å². The Hall–Kier alpha value is -1.82. The molecule has 6 heteroatoms. The van der Waals surface area contributed by atoms with Crippen LogP contribution in [-0.2, 0) is 11.3 Å². The van der Waals surface area contributed by atoms with E-state index >= 15 is 0 Å². The lowest BCUT2D eigenvalue weighted by Gasteiger charge is -2.35. The number of aryl methyl sites for hydroxylation is 1. The van der Waals surface area contributed by atoms with E-state index in [0.29, 0.717) is 11.8 Å². The molecule has 0 aliphatic carbocycles. The lowest BCUT2D eigenvalue weighted by Crippen LogP contribution is -2.44. The van der Waals surface area contributed by atoms with E-state index in [0.717, 1.165) is 48.9 Å². The minimum absolute atomic E-state index is 0.227. The van der Waals surface area contributed by atoms with Crippen molar-refractivity contribution in [3.8, 4) is 11.4 Å². The maximum atomic E-state index is 12.7. The van der Waals surface area contributed by atoms with Gasteiger partial charge in [-0.05, 0) is 45.1 Å². The number of amides is 1. The normalized spacial score (nSPS) is 17.5. The van der Waals surface area contributed by atoms with Crippen LogP contribution < -0.4 is 0 Å². The third-order valence-corrected chi connectivity index (χ3v) is 6.11. The molecular formula is C20H28N4OS. The molecule has 1 aliphatic rings. The maximum Gasteiger partial charge on any atom is 0.233 e. The van der Waals surface area contributed by atoms with E-state index < -0.39 is 0 Å². The third kappa shape index (κ3) is 3.95. The summed E-state index contributed by atoms with van der Waals surface area (Å²) < 4.78 is 2.10. The predicted molar refractivity (Wildman–Crippen MR) is 106 cm³/mol. The number of aromatic nitrogens is 3. The second kappa shape index (κ2) is 8.71. The van der Waals surface area contributed by atoms with Crippen LogP contribution in [0.15, 0.2) is 29.4 Å². The van der Waals surface area contributed by atoms with Gasteiger partial charge in [-0.15, -0.1) is 10.2 Å². The topological polar surface area (TPSA) is 51.0 Å². The van der Waals surface area contributed by atoms with E-state index in [9.17, 15) is 4.79 Å². The monoisotopic (exact) mass is 372 g/mol. The molecule has 1 aromatic carbocycles. The molecule has 2 heterocycles. The van der Waals surface area contributed by atoms with Gasteiger partial charge in [0.25, 0.3) is 0 Å². The summed E-state index contributed by atoms with van der Waals surface area (Å²) in [7, 11) is 0. The van der Waals surface area contributed by atoms with E-state index in [2.05, 4.69) is 52.6 Å². The van der Waals surface area contributed by atoms with Crippen LogP contribution in [0.2, 0.25) is 0 Å². The number of benzene rings is 1. The molecule has 0 radical (unpaired) electrons. The highest BCUT2D eigenvalue weighted by atomic mass is 32.2. The average Bonchev–Trinajstić information content (AvgIpc) is 3.09. The van der Waals surface area contributed by atoms with E-state index in [1.165, 1.54) is 23.7 Å². The number of thioether (sulfide) groups is 1. The van der Waals surface area contributed by atoms with Crippen LogP contribution in [0.3, 0.4) is 0 Å². The Kier molecular flexibility index (Phi) is 6.35. The van der Waals surface area contributed by atoms with Gasteiger partial charge in [0.15, 0.2) is 11.0 Å². The Morgan fingerprint density at radius 1 is 1.23 bits per heavy atom. The second-order valence-electron chi connectivity index (χ2n) is 6.80. The van der Waals surface area contributed by atoms with E-state index in [4.69, 9.17) is 0 Å². The smallest absolute Gasteiger partial charge is 0.233 e. The number of likely N-dealkylation sites (tertiary alicyclic amines) is 1. The fraction of sp³-hybridized carbons (Fsp3) is 0.550. The fourth-order valence-electron chi connectivity index (χ4n) is 3.67. The Morgan fingerprint density at radius 3 is 2.77 bits per heavy atom. The zero-order valence-electron chi connectivity index (χ0n) is 15.9. The van der Waals surface area contributed by atoms with Crippen molar-refractivity contribution in [1.29, 1.82) is 0 Å². The first-order chi connectivity index (χ1) is 12.7. The van der Waals surface area contributed by atoms with Crippen molar-refractivity contribution in [3.63, 3.8) is 0 Å². The molecule has 1 unspecified atom stereocenters. The van der Waals surface area contributed by atoms with Crippen molar-refractivity contribution in [1.82, 2.24) is 19.7 Å². The Morgan fingerprint density at radius 2 is 2.04 bits per heavy atom. The summed E-state index contributed by atoms with van der Waals surface area (Å²) in [5, 5.41) is 9.60. The highest BCUT2D eigenvalue weighted by Crippen LogP contribution is 2.27. The Bertz CT molecular complexity index is 758. The molecule has 1 aromatic heterocycles. The van der Waals surface area contributed by atoms with E-state index in [1.807, 2.05) is 12.1 Å². The van der Waals surface area contributed by atoms with Gasteiger partial charge in [0.05, 0.1) is 5.75 Å². The number of hydrogen-bond donors (Lipinski definition) is 0. The fourth-order valence-corrected chi connectivity index (χ4v) is 4.55. The predicted octanol–water partition coefficient (Wildman–Crippen LogP) is 4.16. The first-order valence-corrected chi connectivity index (χ1v) is 10.6. The van der Waals surface area contributed by atoms with Gasteiger partial charge in [-0.1, -0.05) is 43.0 Å². The molecule has 1 fully saturated rings. The standard InChI is InChI=1S/C20H28N4OS/c1-4-16-11-8-9-13-24(16)18(25)14-26-20-22-21-19(23(20)5-2)17-12-7-6-10-15(17)3/h6-7,10,12,16H,4-5,8-9,11,13-14H2,1-3H3. The van der Waals surface area contributed by atoms with Gasteiger partial charge in [0.1, 0.15) is 0 Å². The van der Waals surface area contributed by atoms with Crippen LogP contribution in [0, 0.1) is 6.92 Å². The van der Waals surface area contributed by atoms with Crippen molar-refractivity contribution in [2.75, 3.05) is 12.3 Å². The number of carbonyl (C=O) groups is 1. The van der Waals surface area contributed by atoms with Crippen molar-refractivity contribution >= 4 is 17.7 Å². The van der Waals surface area contributed by atoms with Crippen LogP contribution in [0.1, 0.15) is 45.1 Å². The lowest BCUT2D eigenvalue weighted by molar-refractivity contribution is -0.132. The summed E-state index contributed by atoms with van der Waals surface area (Å²) in [5.41, 5.74) is 2.28. The summed E-state index contributed by atoms with van der Waals surface area (Å²) >= 11 is 1.51. The van der Waals surface area contributed by atoms with Crippen molar-refractivity contribution in [2.24, 2.45) is 0 Å². The highest BCUT2D eigenvalue weighted by Gasteiger charge is 2.25. The van der Waals surface area contributed by atoms with Crippen molar-refractivity contribution in [2.45, 2.75) is 64.2 Å². The first-order valence-electron chi connectivity index (χ1n) is 9.57. The lowest BCUT2D eigenvalue weighted by atomic mass is 10.0. The van der Waals surface area contributed by atoms with E-state index in [1.54, 1.807) is 0 Å². The molecule has 1 atom stereocenters. The molecule has 140 valence electrons. The molecule has 1 amide bonds. The SMILES string of the molecule is CCC1CCCCN1C(=O)CSc1nnc(-c2ccccc2C)n1CC. The van der Waals surface area contributed by atoms with Gasteiger partial charge in [0, 0.05) is 24.7 Å². The molecule has 0 N–H and O–H groups in total. The number of rotatable bonds is 6. The molecule has 0 saturated carbocycles. The summed E-state index contributed by atoms with van der Waals surface area (Å²) in [4.78, 5) is 14.8. The summed E-state index contributed by atoms with van der Waals surface area (Å²) in [6.45, 7) is 8.03. The highest BCUT2D eigenvalue weighted by molar-refractivity contribution is 7.99. The Labute approximate surface area is 160 Å². The zero-order valence-corrected chi connectivity index (χ0v) is 16.8. The number of nitrogens with zero attached hydrogens (tertiary/aromatic N) is 4. The molecule has 3 rings (SSSR count). The molecular weight excluding hydrogens is 344 g/mol. The Balaban J connectivity index is 1.73. The van der Waals surface area contributed by atoms with E-state index in [-0.39, 0.29) is 5.91 Å². The van der Waals surface area contributed by atoms with Gasteiger partial charge >= 0.3 is 0 Å². The number of hydrogen-bond acceptors (Lipinski definition) is 4. The largest absolute Gasteiger partial charge is 0.339 e. The van der Waals surface area contributed by atoms with Crippen LogP contribution >= 0.6 is 11.8 Å². The van der Waals surface area contributed by atoms with Crippen molar-refractivity contribution < 1.29 is 4.79 Å². The average molecular weight is 373 g/mol. The van der Waals surface area contributed by atoms with Gasteiger partial charge < -0.3 is 9.47 Å². The van der Waals surface area contributed by atoms with Crippen molar-refractivity contribution in [3.05, 3.63) is 29.8 Å². The van der Waals surface area contributed by atoms with Crippen LogP contribution in [0.4, 0.5) is 0 Å². The van der Waals surface area contributed by atoms with Gasteiger partial charge in [0.2, 0.25) is 5.91 Å². The zero-order chi connectivity index (χ0) is 18.5. The first kappa shape index (κ1) is 19.0. The minimum atomic E-state index is 0.227. The molecule has 5 nitrogen and oxygen atoms in total. The summed E-state index contributed by atoms with van der Waals surface area (Å²) in [6.07, 6.45) is 4.53. The second-order valence-corrected chi connectivity index (χ2v) is 7.74. The van der Waals surface area contributed by atoms with Crippen LogP contribution in [-0.4, -0.2) is 43.9 Å². The number of piperidine rings is 1. The molecule has 1 aliphatic heterocycles. The van der Waals surface area contributed by atoms with Gasteiger partial charge in [-0.25, -0.2) is 0 Å². The van der Waals surface area contributed by atoms with Crippen LogP contribution in [0.5, 0.6) is 0 Å².